The fourth-order valence-corrected chi connectivity index (χ4v) is 2.89. The molecule has 2 N–H and O–H groups in total. The number of nitrogen functional groups attached to an aromatic ring is 1. The summed E-state index contributed by atoms with van der Waals surface area (Å²) >= 11 is 0. The van der Waals surface area contributed by atoms with Gasteiger partial charge in [-0.15, -0.1) is 0 Å². The number of fused-ring (bicyclic) bond motifs is 1. The van der Waals surface area contributed by atoms with Crippen molar-refractivity contribution in [2.24, 2.45) is 0 Å². The first-order valence-corrected chi connectivity index (χ1v) is 7.15. The summed E-state index contributed by atoms with van der Waals surface area (Å²) in [5, 5.41) is 0. The van der Waals surface area contributed by atoms with Gasteiger partial charge in [0.1, 0.15) is 0 Å². The van der Waals surface area contributed by atoms with Crippen LogP contribution in [0.3, 0.4) is 0 Å². The maximum atomic E-state index is 11.9. The molecule has 0 fully saturated rings. The Balaban J connectivity index is 2.13. The van der Waals surface area contributed by atoms with E-state index in [1.54, 1.807) is 6.07 Å². The number of carbonyl (C=O) groups is 1. The monoisotopic (exact) mass is 285 g/mol. The molecule has 5 nitrogen and oxygen atoms in total. The molecule has 1 aromatic carbocycles. The van der Waals surface area contributed by atoms with Gasteiger partial charge in [-0.3, -0.25) is 0 Å². The highest BCUT2D eigenvalue weighted by Crippen LogP contribution is 2.27. The maximum Gasteiger partial charge on any atom is 0.340 e. The van der Waals surface area contributed by atoms with Crippen molar-refractivity contribution >= 4 is 11.7 Å². The summed E-state index contributed by atoms with van der Waals surface area (Å²) in [5.41, 5.74) is 11.1. The number of rotatable bonds is 2. The molecule has 3 rings (SSSR count). The Labute approximate surface area is 123 Å². The van der Waals surface area contributed by atoms with Crippen LogP contribution in [0.15, 0.2) is 18.5 Å². The van der Waals surface area contributed by atoms with Crippen molar-refractivity contribution in [1.29, 1.82) is 0 Å². The van der Waals surface area contributed by atoms with Gasteiger partial charge >= 0.3 is 5.97 Å². The molecule has 0 aliphatic heterocycles. The molecule has 1 aliphatic rings. The van der Waals surface area contributed by atoms with Crippen LogP contribution in [0.5, 0.6) is 0 Å². The minimum atomic E-state index is -0.411. The van der Waals surface area contributed by atoms with Crippen LogP contribution in [0.4, 0.5) is 5.69 Å². The van der Waals surface area contributed by atoms with Gasteiger partial charge in [0.15, 0.2) is 0 Å². The number of nitrogens with zero attached hydrogens (tertiary/aromatic N) is 2. The van der Waals surface area contributed by atoms with E-state index in [-0.39, 0.29) is 0 Å². The summed E-state index contributed by atoms with van der Waals surface area (Å²) in [5.74, 6) is -0.411. The topological polar surface area (TPSA) is 70.1 Å². The van der Waals surface area contributed by atoms with Crippen molar-refractivity contribution in [2.75, 3.05) is 12.8 Å². The highest BCUT2D eigenvalue weighted by Gasteiger charge is 2.19. The minimum Gasteiger partial charge on any atom is -0.465 e. The lowest BCUT2D eigenvalue weighted by atomic mass is 10.0. The highest BCUT2D eigenvalue weighted by molar-refractivity contribution is 5.96. The van der Waals surface area contributed by atoms with Gasteiger partial charge < -0.3 is 15.0 Å². The first-order valence-electron chi connectivity index (χ1n) is 7.15. The fourth-order valence-electron chi connectivity index (χ4n) is 2.89. The Morgan fingerprint density at radius 3 is 2.86 bits per heavy atom. The largest absolute Gasteiger partial charge is 0.465 e. The zero-order valence-electron chi connectivity index (χ0n) is 12.3. The van der Waals surface area contributed by atoms with Gasteiger partial charge in [-0.05, 0) is 50.3 Å². The van der Waals surface area contributed by atoms with Crippen molar-refractivity contribution in [1.82, 2.24) is 9.55 Å². The molecule has 110 valence electrons. The van der Waals surface area contributed by atoms with E-state index in [2.05, 4.69) is 9.55 Å². The number of anilines is 1. The lowest BCUT2D eigenvalue weighted by Gasteiger charge is -2.16. The number of nitrogens with two attached hydrogens (primary N) is 1. The van der Waals surface area contributed by atoms with Crippen LogP contribution in [0.2, 0.25) is 0 Å². The van der Waals surface area contributed by atoms with E-state index in [0.29, 0.717) is 11.3 Å². The molecule has 0 unspecified atom stereocenters. The summed E-state index contributed by atoms with van der Waals surface area (Å²) in [7, 11) is 1.36. The molecule has 1 aromatic heterocycles. The second-order valence-electron chi connectivity index (χ2n) is 5.43. The second kappa shape index (κ2) is 5.24. The molecule has 0 saturated heterocycles. The van der Waals surface area contributed by atoms with Crippen LogP contribution < -0.4 is 5.73 Å². The van der Waals surface area contributed by atoms with E-state index in [1.807, 2.05) is 19.3 Å². The molecule has 0 amide bonds. The smallest absolute Gasteiger partial charge is 0.340 e. The third-order valence-electron chi connectivity index (χ3n) is 4.09. The number of ether oxygens (including phenoxy) is 1. The normalized spacial score (nSPS) is 13.8. The summed E-state index contributed by atoms with van der Waals surface area (Å²) in [4.78, 5) is 16.4. The maximum absolute atomic E-state index is 11.9. The summed E-state index contributed by atoms with van der Waals surface area (Å²) in [6.07, 6.45) is 6.25. The highest BCUT2D eigenvalue weighted by atomic mass is 16.5. The first kappa shape index (κ1) is 13.7. The van der Waals surface area contributed by atoms with Crippen molar-refractivity contribution < 1.29 is 9.53 Å². The van der Waals surface area contributed by atoms with Gasteiger partial charge in [-0.25, -0.2) is 9.78 Å². The Bertz CT molecular complexity index is 704. The van der Waals surface area contributed by atoms with Gasteiger partial charge in [0.25, 0.3) is 0 Å². The van der Waals surface area contributed by atoms with E-state index in [0.717, 1.165) is 29.8 Å². The average molecular weight is 285 g/mol. The zero-order chi connectivity index (χ0) is 15.0. The summed E-state index contributed by atoms with van der Waals surface area (Å²) in [6.45, 7) is 1.90. The van der Waals surface area contributed by atoms with Gasteiger partial charge in [0, 0.05) is 17.1 Å². The molecule has 0 atom stereocenters. The molecule has 21 heavy (non-hydrogen) atoms. The number of methoxy groups -OCH3 is 1. The first-order chi connectivity index (χ1) is 10.1. The SMILES string of the molecule is COC(=O)c1cc(-n2cnc3c2CCCC3)cc(C)c1N. The lowest BCUT2D eigenvalue weighted by Crippen LogP contribution is -2.11. The molecule has 1 aliphatic carbocycles. The fraction of sp³-hybridized carbons (Fsp3) is 0.375. The number of aryl methyl sites for hydroxylation is 2. The number of hydrogen-bond donors (Lipinski definition) is 1. The summed E-state index contributed by atoms with van der Waals surface area (Å²) < 4.78 is 6.88. The molecule has 0 radical (unpaired) electrons. The van der Waals surface area contributed by atoms with E-state index in [1.165, 1.54) is 25.6 Å². The third-order valence-corrected chi connectivity index (χ3v) is 4.09. The number of aromatic nitrogens is 2. The van der Waals surface area contributed by atoms with Crippen LogP contribution in [0.25, 0.3) is 5.69 Å². The second-order valence-corrected chi connectivity index (χ2v) is 5.43. The third kappa shape index (κ3) is 2.28. The molecule has 0 bridgehead atoms. The number of esters is 1. The summed E-state index contributed by atoms with van der Waals surface area (Å²) in [6, 6.07) is 3.77. The van der Waals surface area contributed by atoms with Crippen LogP contribution in [-0.2, 0) is 17.6 Å². The van der Waals surface area contributed by atoms with Crippen LogP contribution >= 0.6 is 0 Å². The zero-order valence-corrected chi connectivity index (χ0v) is 12.3. The van der Waals surface area contributed by atoms with Crippen molar-refractivity contribution in [3.8, 4) is 5.69 Å². The quantitative estimate of drug-likeness (QED) is 0.679. The van der Waals surface area contributed by atoms with Crippen LogP contribution in [0, 0.1) is 6.92 Å². The van der Waals surface area contributed by atoms with Gasteiger partial charge in [0.2, 0.25) is 0 Å². The molecule has 5 heteroatoms. The predicted octanol–water partition coefficient (Wildman–Crippen LogP) is 2.43. The van der Waals surface area contributed by atoms with Crippen molar-refractivity contribution in [3.05, 3.63) is 41.0 Å². The number of hydrogen-bond acceptors (Lipinski definition) is 4. The van der Waals surface area contributed by atoms with E-state index >= 15 is 0 Å². The van der Waals surface area contributed by atoms with E-state index in [4.69, 9.17) is 10.5 Å². The number of benzene rings is 1. The number of carbonyl (C=O) groups excluding carboxylic acids is 1. The molecule has 0 saturated carbocycles. The molecule has 1 heterocycles. The predicted molar refractivity (Wildman–Crippen MR) is 80.7 cm³/mol. The van der Waals surface area contributed by atoms with Crippen molar-refractivity contribution in [2.45, 2.75) is 32.6 Å². The lowest BCUT2D eigenvalue weighted by molar-refractivity contribution is 0.0602. The minimum absolute atomic E-state index is 0.408. The van der Waals surface area contributed by atoms with E-state index in [9.17, 15) is 4.79 Å². The Kier molecular flexibility index (Phi) is 3.41. The Morgan fingerprint density at radius 2 is 2.10 bits per heavy atom. The van der Waals surface area contributed by atoms with Gasteiger partial charge in [0.05, 0.1) is 24.7 Å². The standard InChI is InChI=1S/C16H19N3O2/c1-10-7-11(8-12(15(10)17)16(20)21-2)19-9-18-13-5-3-4-6-14(13)19/h7-9H,3-6,17H2,1-2H3. The molecule has 2 aromatic rings. The molecular weight excluding hydrogens is 266 g/mol. The Hall–Kier alpha value is -2.30. The van der Waals surface area contributed by atoms with Crippen LogP contribution in [0.1, 0.15) is 40.2 Å². The van der Waals surface area contributed by atoms with Gasteiger partial charge in [-0.2, -0.15) is 0 Å². The average Bonchev–Trinajstić information content (AvgIpc) is 2.93. The van der Waals surface area contributed by atoms with Crippen LogP contribution in [-0.4, -0.2) is 22.6 Å². The molecule has 0 spiro atoms. The Morgan fingerprint density at radius 1 is 1.33 bits per heavy atom. The molecular formula is C16H19N3O2. The van der Waals surface area contributed by atoms with E-state index < -0.39 is 5.97 Å². The van der Waals surface area contributed by atoms with Gasteiger partial charge in [-0.1, -0.05) is 0 Å². The number of imidazole rings is 1. The van der Waals surface area contributed by atoms with Crippen molar-refractivity contribution in [3.63, 3.8) is 0 Å².